The van der Waals surface area contributed by atoms with Gasteiger partial charge in [-0.1, -0.05) is 45.4 Å². The van der Waals surface area contributed by atoms with Gasteiger partial charge in [-0.2, -0.15) is 0 Å². The van der Waals surface area contributed by atoms with Gasteiger partial charge in [0, 0.05) is 12.5 Å². The quantitative estimate of drug-likeness (QED) is 0.407. The number of carboxylic acid groups (broad SMARTS) is 1. The first-order valence-electron chi connectivity index (χ1n) is 10.2. The van der Waals surface area contributed by atoms with Crippen LogP contribution in [0.5, 0.6) is 0 Å². The van der Waals surface area contributed by atoms with Gasteiger partial charge in [-0.05, 0) is 56.8 Å². The van der Waals surface area contributed by atoms with E-state index in [2.05, 4.69) is 6.92 Å². The van der Waals surface area contributed by atoms with Gasteiger partial charge in [0.2, 0.25) is 0 Å². The molecule has 4 heteroatoms. The molecular formula is C20H39NO3. The molecule has 1 fully saturated rings. The van der Waals surface area contributed by atoms with E-state index in [0.29, 0.717) is 17.9 Å². The molecule has 4 N–H and O–H groups in total. The lowest BCUT2D eigenvalue weighted by molar-refractivity contribution is -0.137. The lowest BCUT2D eigenvalue weighted by atomic mass is 9.85. The van der Waals surface area contributed by atoms with Gasteiger partial charge >= 0.3 is 5.97 Å². The molecule has 0 spiro atoms. The van der Waals surface area contributed by atoms with E-state index in [0.717, 1.165) is 64.2 Å². The minimum Gasteiger partial charge on any atom is -0.481 e. The second-order valence-corrected chi connectivity index (χ2v) is 7.75. The number of carbonyl (C=O) groups is 1. The number of hydrogen-bond donors (Lipinski definition) is 3. The number of aliphatic hydroxyl groups excluding tert-OH is 1. The van der Waals surface area contributed by atoms with Gasteiger partial charge in [0.15, 0.2) is 0 Å². The van der Waals surface area contributed by atoms with Crippen LogP contribution in [0.25, 0.3) is 0 Å². The summed E-state index contributed by atoms with van der Waals surface area (Å²) in [7, 11) is 0. The van der Waals surface area contributed by atoms with E-state index in [1.165, 1.54) is 19.3 Å². The van der Waals surface area contributed by atoms with E-state index in [4.69, 9.17) is 10.8 Å². The smallest absolute Gasteiger partial charge is 0.303 e. The maximum absolute atomic E-state index is 10.5. The van der Waals surface area contributed by atoms with Gasteiger partial charge in [0.1, 0.15) is 0 Å². The van der Waals surface area contributed by atoms with Crippen molar-refractivity contribution in [2.75, 3.05) is 0 Å². The average Bonchev–Trinajstić information content (AvgIpc) is 2.89. The van der Waals surface area contributed by atoms with Crippen LogP contribution in [0.15, 0.2) is 0 Å². The molecule has 1 aliphatic carbocycles. The molecule has 0 aromatic carbocycles. The fourth-order valence-corrected chi connectivity index (χ4v) is 4.15. The second-order valence-electron chi connectivity index (χ2n) is 7.75. The van der Waals surface area contributed by atoms with Crippen LogP contribution in [-0.4, -0.2) is 28.3 Å². The fraction of sp³-hybridized carbons (Fsp3) is 0.950. The minimum atomic E-state index is -0.698. The molecule has 142 valence electrons. The maximum Gasteiger partial charge on any atom is 0.303 e. The van der Waals surface area contributed by atoms with Crippen LogP contribution >= 0.6 is 0 Å². The minimum absolute atomic E-state index is 0.134. The molecule has 4 atom stereocenters. The Balaban J connectivity index is 2.18. The molecule has 4 nitrogen and oxygen atoms in total. The van der Waals surface area contributed by atoms with Gasteiger partial charge in [-0.25, -0.2) is 0 Å². The third-order valence-electron chi connectivity index (χ3n) is 5.70. The van der Waals surface area contributed by atoms with Crippen LogP contribution in [0.4, 0.5) is 0 Å². The Morgan fingerprint density at radius 1 is 1.04 bits per heavy atom. The second kappa shape index (κ2) is 12.7. The monoisotopic (exact) mass is 341 g/mol. The molecule has 24 heavy (non-hydrogen) atoms. The summed E-state index contributed by atoms with van der Waals surface area (Å²) in [4.78, 5) is 10.5. The average molecular weight is 342 g/mol. The SMILES string of the molecule is CCCCCC(N)CC[C@H]1CC[C@H](O)[C@@H]1CCCCCCC(=O)O. The van der Waals surface area contributed by atoms with Crippen LogP contribution in [0.1, 0.15) is 96.8 Å². The predicted molar refractivity (Wildman–Crippen MR) is 98.9 cm³/mol. The zero-order valence-electron chi connectivity index (χ0n) is 15.6. The van der Waals surface area contributed by atoms with Gasteiger partial charge < -0.3 is 15.9 Å². The van der Waals surface area contributed by atoms with Crippen molar-refractivity contribution in [3.05, 3.63) is 0 Å². The molecule has 1 aliphatic rings. The van der Waals surface area contributed by atoms with Crippen LogP contribution in [0.2, 0.25) is 0 Å². The number of carboxylic acids is 1. The Labute approximate surface area is 148 Å². The first-order valence-corrected chi connectivity index (χ1v) is 10.2. The van der Waals surface area contributed by atoms with Crippen molar-refractivity contribution in [3.8, 4) is 0 Å². The van der Waals surface area contributed by atoms with E-state index in [9.17, 15) is 9.90 Å². The summed E-state index contributed by atoms with van der Waals surface area (Å²) in [5.41, 5.74) is 6.24. The zero-order chi connectivity index (χ0) is 17.8. The van der Waals surface area contributed by atoms with Crippen molar-refractivity contribution in [2.45, 2.75) is 109 Å². The largest absolute Gasteiger partial charge is 0.481 e. The molecule has 0 aromatic rings. The van der Waals surface area contributed by atoms with Gasteiger partial charge in [-0.3, -0.25) is 4.79 Å². The van der Waals surface area contributed by atoms with Crippen molar-refractivity contribution < 1.29 is 15.0 Å². The fourth-order valence-electron chi connectivity index (χ4n) is 4.15. The van der Waals surface area contributed by atoms with Crippen LogP contribution in [0, 0.1) is 11.8 Å². The summed E-state index contributed by atoms with van der Waals surface area (Å²) < 4.78 is 0. The summed E-state index contributed by atoms with van der Waals surface area (Å²) in [6.07, 6.45) is 14.4. The number of hydrogen-bond acceptors (Lipinski definition) is 3. The first-order chi connectivity index (χ1) is 11.5. The van der Waals surface area contributed by atoms with E-state index in [1.54, 1.807) is 0 Å². The first kappa shape index (κ1) is 21.4. The highest BCUT2D eigenvalue weighted by atomic mass is 16.4. The lowest BCUT2D eigenvalue weighted by Crippen LogP contribution is -2.24. The molecule has 0 aromatic heterocycles. The van der Waals surface area contributed by atoms with Crippen molar-refractivity contribution in [2.24, 2.45) is 17.6 Å². The standard InChI is InChI=1S/C20H39NO3/c1-2-3-6-9-17(21)14-12-16-13-15-19(22)18(16)10-7-4-5-8-11-20(23)24/h16-19,22H,2-15,21H2,1H3,(H,23,24)/t16-,17?,18+,19-/m0/s1. The molecule has 0 saturated heterocycles. The molecule has 0 amide bonds. The molecule has 0 radical (unpaired) electrons. The van der Waals surface area contributed by atoms with E-state index in [1.807, 2.05) is 0 Å². The molecule has 1 unspecified atom stereocenters. The van der Waals surface area contributed by atoms with Crippen molar-refractivity contribution in [3.63, 3.8) is 0 Å². The van der Waals surface area contributed by atoms with Gasteiger partial charge in [-0.15, -0.1) is 0 Å². The highest BCUT2D eigenvalue weighted by Crippen LogP contribution is 2.38. The summed E-state index contributed by atoms with van der Waals surface area (Å²) in [6.45, 7) is 2.22. The maximum atomic E-state index is 10.5. The van der Waals surface area contributed by atoms with E-state index in [-0.39, 0.29) is 12.5 Å². The Morgan fingerprint density at radius 2 is 1.79 bits per heavy atom. The van der Waals surface area contributed by atoms with Crippen molar-refractivity contribution in [1.29, 1.82) is 0 Å². The molecule has 0 aliphatic heterocycles. The van der Waals surface area contributed by atoms with Gasteiger partial charge in [0.25, 0.3) is 0 Å². The van der Waals surface area contributed by atoms with E-state index < -0.39 is 5.97 Å². The van der Waals surface area contributed by atoms with Crippen molar-refractivity contribution in [1.82, 2.24) is 0 Å². The molecular weight excluding hydrogens is 302 g/mol. The molecule has 0 bridgehead atoms. The molecule has 0 heterocycles. The highest BCUT2D eigenvalue weighted by molar-refractivity contribution is 5.66. The predicted octanol–water partition coefficient (Wildman–Crippen LogP) is 4.49. The Bertz CT molecular complexity index is 335. The van der Waals surface area contributed by atoms with Gasteiger partial charge in [0.05, 0.1) is 6.10 Å². The number of rotatable bonds is 14. The molecule has 1 saturated carbocycles. The third kappa shape index (κ3) is 9.03. The van der Waals surface area contributed by atoms with E-state index >= 15 is 0 Å². The summed E-state index contributed by atoms with van der Waals surface area (Å²) in [6, 6.07) is 0.325. The normalized spacial score (nSPS) is 25.0. The zero-order valence-corrected chi connectivity index (χ0v) is 15.6. The number of aliphatic hydroxyl groups is 1. The summed E-state index contributed by atoms with van der Waals surface area (Å²) >= 11 is 0. The number of aliphatic carboxylic acids is 1. The number of nitrogens with two attached hydrogens (primary N) is 1. The number of unbranched alkanes of at least 4 members (excludes halogenated alkanes) is 5. The Morgan fingerprint density at radius 3 is 2.50 bits per heavy atom. The van der Waals surface area contributed by atoms with Crippen LogP contribution < -0.4 is 5.73 Å². The van der Waals surface area contributed by atoms with Crippen molar-refractivity contribution >= 4 is 5.97 Å². The third-order valence-corrected chi connectivity index (χ3v) is 5.70. The highest BCUT2D eigenvalue weighted by Gasteiger charge is 2.34. The summed E-state index contributed by atoms with van der Waals surface area (Å²) in [5.74, 6) is 0.375. The Kier molecular flexibility index (Phi) is 11.4. The van der Waals surface area contributed by atoms with Crippen LogP contribution in [0.3, 0.4) is 0 Å². The Hall–Kier alpha value is -0.610. The summed E-state index contributed by atoms with van der Waals surface area (Å²) in [5, 5.41) is 18.9. The van der Waals surface area contributed by atoms with Crippen LogP contribution in [-0.2, 0) is 4.79 Å². The topological polar surface area (TPSA) is 83.5 Å². The lowest BCUT2D eigenvalue weighted by Gasteiger charge is -2.23. The molecule has 1 rings (SSSR count).